The van der Waals surface area contributed by atoms with Crippen molar-refractivity contribution < 1.29 is 23.8 Å². The standard InChI is InChI=1S/C20H21BrFNO4/c1-26-17-10-14(15(21)11-18(17)27-2)19(12-5-7-13(22)8-6-12)23-9-3-4-16(23)20(24)25/h5-8,10-11,16,19H,3-4,9H2,1-2H3,(H,24,25). The highest BCUT2D eigenvalue weighted by molar-refractivity contribution is 9.10. The van der Waals surface area contributed by atoms with E-state index in [-0.39, 0.29) is 11.9 Å². The number of carboxylic acids is 1. The second-order valence-electron chi connectivity index (χ2n) is 6.42. The lowest BCUT2D eigenvalue weighted by Crippen LogP contribution is -2.39. The van der Waals surface area contributed by atoms with Crippen molar-refractivity contribution in [2.24, 2.45) is 0 Å². The number of nitrogens with zero attached hydrogens (tertiary/aromatic N) is 1. The highest BCUT2D eigenvalue weighted by atomic mass is 79.9. The van der Waals surface area contributed by atoms with Crippen LogP contribution in [0, 0.1) is 5.82 Å². The van der Waals surface area contributed by atoms with E-state index in [0.717, 1.165) is 22.0 Å². The summed E-state index contributed by atoms with van der Waals surface area (Å²) >= 11 is 3.58. The van der Waals surface area contributed by atoms with Crippen LogP contribution in [0.1, 0.15) is 30.0 Å². The zero-order valence-corrected chi connectivity index (χ0v) is 16.7. The summed E-state index contributed by atoms with van der Waals surface area (Å²) in [5, 5.41) is 9.66. The van der Waals surface area contributed by atoms with Crippen LogP contribution in [0.4, 0.5) is 4.39 Å². The number of benzene rings is 2. The van der Waals surface area contributed by atoms with E-state index in [0.29, 0.717) is 24.5 Å². The van der Waals surface area contributed by atoms with Crippen LogP contribution in [0.2, 0.25) is 0 Å². The monoisotopic (exact) mass is 437 g/mol. The molecule has 2 aromatic carbocycles. The Labute approximate surface area is 165 Å². The highest BCUT2D eigenvalue weighted by Crippen LogP contribution is 2.42. The van der Waals surface area contributed by atoms with E-state index in [1.165, 1.54) is 12.1 Å². The van der Waals surface area contributed by atoms with E-state index >= 15 is 0 Å². The maximum atomic E-state index is 13.5. The first-order valence-corrected chi connectivity index (χ1v) is 9.41. The number of ether oxygens (including phenoxy) is 2. The Morgan fingerprint density at radius 3 is 2.44 bits per heavy atom. The Hall–Kier alpha value is -2.12. The Morgan fingerprint density at radius 1 is 1.22 bits per heavy atom. The molecule has 1 aliphatic heterocycles. The topological polar surface area (TPSA) is 59.0 Å². The molecule has 1 heterocycles. The van der Waals surface area contributed by atoms with Crippen LogP contribution in [0.3, 0.4) is 0 Å². The normalized spacial score (nSPS) is 18.3. The van der Waals surface area contributed by atoms with Gasteiger partial charge in [-0.15, -0.1) is 0 Å². The van der Waals surface area contributed by atoms with Gasteiger partial charge >= 0.3 is 5.97 Å². The lowest BCUT2D eigenvalue weighted by Gasteiger charge is -2.33. The zero-order chi connectivity index (χ0) is 19.6. The van der Waals surface area contributed by atoms with Gasteiger partial charge in [-0.05, 0) is 48.2 Å². The molecule has 0 amide bonds. The van der Waals surface area contributed by atoms with Crippen LogP contribution in [-0.4, -0.2) is 42.8 Å². The van der Waals surface area contributed by atoms with Crippen molar-refractivity contribution in [1.82, 2.24) is 4.90 Å². The SMILES string of the molecule is COc1cc(Br)c(C(c2ccc(F)cc2)N2CCCC2C(=O)O)cc1OC. The smallest absolute Gasteiger partial charge is 0.320 e. The fourth-order valence-electron chi connectivity index (χ4n) is 3.64. The van der Waals surface area contributed by atoms with Gasteiger partial charge in [-0.1, -0.05) is 28.1 Å². The predicted octanol–water partition coefficient (Wildman–Crippen LogP) is 4.24. The fourth-order valence-corrected chi connectivity index (χ4v) is 4.18. The molecule has 2 atom stereocenters. The Kier molecular flexibility index (Phi) is 6.01. The number of hydrogen-bond donors (Lipinski definition) is 1. The molecule has 1 saturated heterocycles. The average molecular weight is 438 g/mol. The molecule has 27 heavy (non-hydrogen) atoms. The Bertz CT molecular complexity index is 827. The molecule has 7 heteroatoms. The number of likely N-dealkylation sites (tertiary alicyclic amines) is 1. The summed E-state index contributed by atoms with van der Waals surface area (Å²) in [5.74, 6) is -0.0626. The van der Waals surface area contributed by atoms with Gasteiger partial charge < -0.3 is 14.6 Å². The molecule has 1 aliphatic rings. The quantitative estimate of drug-likeness (QED) is 0.731. The number of aliphatic carboxylic acids is 1. The lowest BCUT2D eigenvalue weighted by atomic mass is 9.95. The number of halogens is 2. The maximum absolute atomic E-state index is 13.5. The van der Waals surface area contributed by atoms with Crippen molar-refractivity contribution in [3.05, 3.63) is 57.8 Å². The van der Waals surface area contributed by atoms with Crippen LogP contribution in [-0.2, 0) is 4.79 Å². The number of carboxylic acid groups (broad SMARTS) is 1. The van der Waals surface area contributed by atoms with E-state index in [1.54, 1.807) is 32.4 Å². The molecule has 0 radical (unpaired) electrons. The van der Waals surface area contributed by atoms with Crippen molar-refractivity contribution >= 4 is 21.9 Å². The van der Waals surface area contributed by atoms with E-state index in [1.807, 2.05) is 11.0 Å². The summed E-state index contributed by atoms with van der Waals surface area (Å²) in [5.41, 5.74) is 1.66. The second-order valence-corrected chi connectivity index (χ2v) is 7.27. The van der Waals surface area contributed by atoms with E-state index in [9.17, 15) is 14.3 Å². The molecular formula is C20H21BrFNO4. The van der Waals surface area contributed by atoms with Gasteiger partial charge in [0, 0.05) is 11.0 Å². The first-order chi connectivity index (χ1) is 13.0. The third-order valence-corrected chi connectivity index (χ3v) is 5.58. The number of rotatable bonds is 6. The largest absolute Gasteiger partial charge is 0.493 e. The van der Waals surface area contributed by atoms with Crippen molar-refractivity contribution in [2.45, 2.75) is 24.9 Å². The molecule has 2 aromatic rings. The van der Waals surface area contributed by atoms with Gasteiger partial charge in [0.15, 0.2) is 11.5 Å². The van der Waals surface area contributed by atoms with Gasteiger partial charge in [-0.3, -0.25) is 9.69 Å². The summed E-state index contributed by atoms with van der Waals surface area (Å²) in [6.07, 6.45) is 1.37. The first-order valence-electron chi connectivity index (χ1n) is 8.61. The minimum absolute atomic E-state index is 0.333. The number of hydrogen-bond acceptors (Lipinski definition) is 4. The van der Waals surface area contributed by atoms with Crippen molar-refractivity contribution in [2.75, 3.05) is 20.8 Å². The van der Waals surface area contributed by atoms with Crippen molar-refractivity contribution in [3.63, 3.8) is 0 Å². The van der Waals surface area contributed by atoms with Gasteiger partial charge in [-0.25, -0.2) is 4.39 Å². The maximum Gasteiger partial charge on any atom is 0.320 e. The fraction of sp³-hybridized carbons (Fsp3) is 0.350. The minimum Gasteiger partial charge on any atom is -0.493 e. The molecule has 0 saturated carbocycles. The Balaban J connectivity index is 2.15. The Morgan fingerprint density at radius 2 is 1.85 bits per heavy atom. The van der Waals surface area contributed by atoms with E-state index in [2.05, 4.69) is 15.9 Å². The second kappa shape index (κ2) is 8.27. The summed E-state index contributed by atoms with van der Waals surface area (Å²) in [6.45, 7) is 0.639. The molecule has 0 aliphatic carbocycles. The highest BCUT2D eigenvalue weighted by Gasteiger charge is 2.38. The third-order valence-electron chi connectivity index (χ3n) is 4.89. The molecule has 0 aromatic heterocycles. The van der Waals surface area contributed by atoms with Gasteiger partial charge in [0.2, 0.25) is 0 Å². The molecule has 5 nitrogen and oxygen atoms in total. The molecule has 3 rings (SSSR count). The molecule has 0 bridgehead atoms. The predicted molar refractivity (Wildman–Crippen MR) is 103 cm³/mol. The van der Waals surface area contributed by atoms with Crippen molar-refractivity contribution in [3.8, 4) is 11.5 Å². The molecule has 2 unspecified atom stereocenters. The average Bonchev–Trinajstić information content (AvgIpc) is 3.14. The summed E-state index contributed by atoms with van der Waals surface area (Å²) in [4.78, 5) is 13.7. The van der Waals surface area contributed by atoms with Crippen LogP contribution >= 0.6 is 15.9 Å². The lowest BCUT2D eigenvalue weighted by molar-refractivity contribution is -0.142. The summed E-state index contributed by atoms with van der Waals surface area (Å²) in [7, 11) is 3.11. The van der Waals surface area contributed by atoms with Crippen LogP contribution < -0.4 is 9.47 Å². The van der Waals surface area contributed by atoms with E-state index < -0.39 is 12.0 Å². The van der Waals surface area contributed by atoms with Gasteiger partial charge in [0.25, 0.3) is 0 Å². The summed E-state index contributed by atoms with van der Waals surface area (Å²) in [6, 6.07) is 8.86. The van der Waals surface area contributed by atoms with Crippen molar-refractivity contribution in [1.29, 1.82) is 0 Å². The van der Waals surface area contributed by atoms with E-state index in [4.69, 9.17) is 9.47 Å². The molecule has 1 fully saturated rings. The number of carbonyl (C=O) groups is 1. The molecule has 1 N–H and O–H groups in total. The van der Waals surface area contributed by atoms with Gasteiger partial charge in [-0.2, -0.15) is 0 Å². The zero-order valence-electron chi connectivity index (χ0n) is 15.1. The first kappa shape index (κ1) is 19.6. The van der Waals surface area contributed by atoms with Crippen LogP contribution in [0.5, 0.6) is 11.5 Å². The van der Waals surface area contributed by atoms with Gasteiger partial charge in [0.05, 0.1) is 20.3 Å². The molecule has 0 spiro atoms. The summed E-state index contributed by atoms with van der Waals surface area (Å²) < 4.78 is 25.0. The van der Waals surface area contributed by atoms with Crippen LogP contribution in [0.25, 0.3) is 0 Å². The third kappa shape index (κ3) is 3.94. The number of methoxy groups -OCH3 is 2. The van der Waals surface area contributed by atoms with Gasteiger partial charge in [0.1, 0.15) is 11.9 Å². The molecular weight excluding hydrogens is 417 g/mol. The molecule has 144 valence electrons. The van der Waals surface area contributed by atoms with Crippen LogP contribution in [0.15, 0.2) is 40.9 Å². The minimum atomic E-state index is -0.851.